The number of benzene rings is 2. The van der Waals surface area contributed by atoms with E-state index in [1.54, 1.807) is 11.3 Å². The SMILES string of the molecule is Cc1nc(NC(=O)C(c2ccccc2)c2ccccc2)sc1CN1CCC(C)CC1. The lowest BCUT2D eigenvalue weighted by Gasteiger charge is -2.29. The summed E-state index contributed by atoms with van der Waals surface area (Å²) in [6.45, 7) is 7.58. The third kappa shape index (κ3) is 4.97. The molecule has 4 rings (SSSR count). The number of rotatable bonds is 6. The zero-order chi connectivity index (χ0) is 20.9. The van der Waals surface area contributed by atoms with E-state index in [9.17, 15) is 4.79 Å². The summed E-state index contributed by atoms with van der Waals surface area (Å²) in [7, 11) is 0. The first-order valence-corrected chi connectivity index (χ1v) is 11.5. The topological polar surface area (TPSA) is 45.2 Å². The number of piperidine rings is 1. The van der Waals surface area contributed by atoms with Gasteiger partial charge in [-0.15, -0.1) is 11.3 Å². The predicted octanol–water partition coefficient (Wildman–Crippen LogP) is 5.45. The van der Waals surface area contributed by atoms with E-state index >= 15 is 0 Å². The molecule has 1 aliphatic heterocycles. The van der Waals surface area contributed by atoms with E-state index in [2.05, 4.69) is 22.1 Å². The van der Waals surface area contributed by atoms with E-state index < -0.39 is 0 Å². The second kappa shape index (κ2) is 9.54. The number of nitrogens with one attached hydrogen (secondary N) is 1. The van der Waals surface area contributed by atoms with Crippen LogP contribution in [0.5, 0.6) is 0 Å². The highest BCUT2D eigenvalue weighted by Gasteiger charge is 2.24. The zero-order valence-corrected chi connectivity index (χ0v) is 18.5. The fourth-order valence-electron chi connectivity index (χ4n) is 4.02. The summed E-state index contributed by atoms with van der Waals surface area (Å²) in [5.74, 6) is 0.426. The van der Waals surface area contributed by atoms with Crippen LogP contribution in [0, 0.1) is 12.8 Å². The van der Waals surface area contributed by atoms with Gasteiger partial charge < -0.3 is 5.32 Å². The molecule has 1 fully saturated rings. The van der Waals surface area contributed by atoms with E-state index in [1.165, 1.54) is 17.7 Å². The van der Waals surface area contributed by atoms with E-state index in [0.717, 1.165) is 42.4 Å². The van der Waals surface area contributed by atoms with Crippen LogP contribution in [0.25, 0.3) is 0 Å². The number of thiazole rings is 1. The van der Waals surface area contributed by atoms with Crippen LogP contribution in [0.4, 0.5) is 5.13 Å². The molecule has 5 heteroatoms. The van der Waals surface area contributed by atoms with Gasteiger partial charge in [-0.2, -0.15) is 0 Å². The lowest BCUT2D eigenvalue weighted by molar-refractivity contribution is -0.116. The Morgan fingerprint density at radius 2 is 1.63 bits per heavy atom. The second-order valence-electron chi connectivity index (χ2n) is 8.23. The maximum absolute atomic E-state index is 13.3. The molecule has 4 nitrogen and oxygen atoms in total. The maximum atomic E-state index is 13.3. The molecule has 0 saturated carbocycles. The number of amides is 1. The van der Waals surface area contributed by atoms with Crippen molar-refractivity contribution < 1.29 is 4.79 Å². The van der Waals surface area contributed by atoms with Crippen LogP contribution in [0.15, 0.2) is 60.7 Å². The molecule has 1 amide bonds. The third-order valence-corrected chi connectivity index (χ3v) is 6.95. The fraction of sp³-hybridized carbons (Fsp3) is 0.360. The van der Waals surface area contributed by atoms with Crippen molar-refractivity contribution in [3.8, 4) is 0 Å². The number of hydrogen-bond donors (Lipinski definition) is 1. The molecule has 0 radical (unpaired) electrons. The van der Waals surface area contributed by atoms with Crippen molar-refractivity contribution in [3.63, 3.8) is 0 Å². The highest BCUT2D eigenvalue weighted by molar-refractivity contribution is 7.15. The molecule has 0 aliphatic carbocycles. The van der Waals surface area contributed by atoms with Crippen LogP contribution in [0.2, 0.25) is 0 Å². The number of aromatic nitrogens is 1. The summed E-state index contributed by atoms with van der Waals surface area (Å²) in [6, 6.07) is 19.9. The third-order valence-electron chi connectivity index (χ3n) is 5.89. The Bertz CT molecular complexity index is 923. The molecule has 1 aliphatic rings. The van der Waals surface area contributed by atoms with Crippen molar-refractivity contribution in [2.75, 3.05) is 18.4 Å². The Labute approximate surface area is 183 Å². The van der Waals surface area contributed by atoms with Crippen molar-refractivity contribution >= 4 is 22.4 Å². The van der Waals surface area contributed by atoms with Crippen molar-refractivity contribution in [3.05, 3.63) is 82.4 Å². The molecular weight excluding hydrogens is 390 g/mol. The minimum absolute atomic E-state index is 0.0421. The Kier molecular flexibility index (Phi) is 6.60. The van der Waals surface area contributed by atoms with E-state index in [4.69, 9.17) is 0 Å². The largest absolute Gasteiger partial charge is 0.301 e. The first kappa shape index (κ1) is 20.8. The summed E-state index contributed by atoms with van der Waals surface area (Å²) in [4.78, 5) is 21.7. The van der Waals surface area contributed by atoms with Crippen molar-refractivity contribution in [1.82, 2.24) is 9.88 Å². The Hall–Kier alpha value is -2.50. The zero-order valence-electron chi connectivity index (χ0n) is 17.7. The van der Waals surface area contributed by atoms with Crippen LogP contribution in [0.1, 0.15) is 47.4 Å². The standard InChI is InChI=1S/C25H29N3OS/c1-18-13-15-28(16-14-18)17-22-19(2)26-25(30-22)27-24(29)23(20-9-5-3-6-10-20)21-11-7-4-8-12-21/h3-12,18,23H,13-17H2,1-2H3,(H,26,27,29). The molecule has 2 aromatic carbocycles. The van der Waals surface area contributed by atoms with Gasteiger partial charge in [0.15, 0.2) is 5.13 Å². The Morgan fingerprint density at radius 3 is 2.20 bits per heavy atom. The highest BCUT2D eigenvalue weighted by Crippen LogP contribution is 2.30. The molecule has 2 heterocycles. The molecular formula is C25H29N3OS. The number of hydrogen-bond acceptors (Lipinski definition) is 4. The van der Waals surface area contributed by atoms with E-state index in [1.807, 2.05) is 67.6 Å². The van der Waals surface area contributed by atoms with Crippen LogP contribution < -0.4 is 5.32 Å². The smallest absolute Gasteiger partial charge is 0.238 e. The molecule has 3 aromatic rings. The maximum Gasteiger partial charge on any atom is 0.238 e. The normalized spacial score (nSPS) is 15.4. The molecule has 0 bridgehead atoms. The average molecular weight is 420 g/mol. The second-order valence-corrected chi connectivity index (χ2v) is 9.31. The van der Waals surface area contributed by atoms with Crippen LogP contribution in [-0.2, 0) is 11.3 Å². The lowest BCUT2D eigenvalue weighted by atomic mass is 9.90. The predicted molar refractivity (Wildman–Crippen MR) is 124 cm³/mol. The number of likely N-dealkylation sites (tertiary alicyclic amines) is 1. The van der Waals surface area contributed by atoms with Gasteiger partial charge in [-0.1, -0.05) is 67.6 Å². The van der Waals surface area contributed by atoms with E-state index in [-0.39, 0.29) is 11.8 Å². The van der Waals surface area contributed by atoms with Gasteiger partial charge in [-0.05, 0) is 49.9 Å². The van der Waals surface area contributed by atoms with Gasteiger partial charge in [0.2, 0.25) is 5.91 Å². The molecule has 156 valence electrons. The van der Waals surface area contributed by atoms with Gasteiger partial charge in [0.25, 0.3) is 0 Å². The molecule has 0 atom stereocenters. The summed E-state index contributed by atoms with van der Waals surface area (Å²) in [5.41, 5.74) is 2.99. The Morgan fingerprint density at radius 1 is 1.07 bits per heavy atom. The molecule has 1 N–H and O–H groups in total. The first-order chi connectivity index (χ1) is 14.6. The van der Waals surface area contributed by atoms with Gasteiger partial charge in [0.1, 0.15) is 0 Å². The molecule has 30 heavy (non-hydrogen) atoms. The van der Waals surface area contributed by atoms with E-state index in [0.29, 0.717) is 5.13 Å². The van der Waals surface area contributed by atoms with Crippen molar-refractivity contribution in [2.45, 2.75) is 39.2 Å². The lowest BCUT2D eigenvalue weighted by Crippen LogP contribution is -2.32. The number of aryl methyl sites for hydroxylation is 1. The quantitative estimate of drug-likeness (QED) is 0.577. The highest BCUT2D eigenvalue weighted by atomic mass is 32.1. The van der Waals surface area contributed by atoms with Crippen molar-refractivity contribution in [1.29, 1.82) is 0 Å². The molecule has 0 unspecified atom stereocenters. The monoisotopic (exact) mass is 419 g/mol. The average Bonchev–Trinajstić information content (AvgIpc) is 3.10. The van der Waals surface area contributed by atoms with Gasteiger partial charge >= 0.3 is 0 Å². The summed E-state index contributed by atoms with van der Waals surface area (Å²) in [5, 5.41) is 3.78. The molecule has 1 aromatic heterocycles. The van der Waals surface area contributed by atoms with Crippen LogP contribution in [-0.4, -0.2) is 28.9 Å². The first-order valence-electron chi connectivity index (χ1n) is 10.7. The van der Waals surface area contributed by atoms with Gasteiger partial charge in [-0.3, -0.25) is 9.69 Å². The fourth-order valence-corrected chi connectivity index (χ4v) is 5.02. The van der Waals surface area contributed by atoms with Gasteiger partial charge in [-0.25, -0.2) is 4.98 Å². The summed E-state index contributed by atoms with van der Waals surface area (Å²) >= 11 is 1.61. The number of nitrogens with zero attached hydrogens (tertiary/aromatic N) is 2. The minimum atomic E-state index is -0.358. The Balaban J connectivity index is 1.50. The number of anilines is 1. The minimum Gasteiger partial charge on any atom is -0.301 e. The number of carbonyl (C=O) groups is 1. The van der Waals surface area contributed by atoms with Crippen LogP contribution in [0.3, 0.4) is 0 Å². The van der Waals surface area contributed by atoms with Gasteiger partial charge in [0, 0.05) is 11.4 Å². The van der Waals surface area contributed by atoms with Crippen molar-refractivity contribution in [2.24, 2.45) is 5.92 Å². The summed E-state index contributed by atoms with van der Waals surface area (Å²) < 4.78 is 0. The van der Waals surface area contributed by atoms with Gasteiger partial charge in [0.05, 0.1) is 11.6 Å². The molecule has 1 saturated heterocycles. The number of carbonyl (C=O) groups excluding carboxylic acids is 1. The summed E-state index contributed by atoms with van der Waals surface area (Å²) in [6.07, 6.45) is 2.52. The van der Waals surface area contributed by atoms with Crippen LogP contribution >= 0.6 is 11.3 Å². The molecule has 0 spiro atoms.